The maximum atomic E-state index is 4.37. The number of benzene rings is 1. The van der Waals surface area contributed by atoms with Crippen LogP contribution >= 0.6 is 11.8 Å². The molecule has 2 atom stereocenters. The molecule has 1 aliphatic heterocycles. The van der Waals surface area contributed by atoms with E-state index >= 15 is 0 Å². The van der Waals surface area contributed by atoms with Crippen LogP contribution in [-0.2, 0) is 12.8 Å². The van der Waals surface area contributed by atoms with Crippen molar-refractivity contribution in [1.29, 1.82) is 0 Å². The van der Waals surface area contributed by atoms with Gasteiger partial charge in [-0.3, -0.25) is 0 Å². The van der Waals surface area contributed by atoms with E-state index in [0.717, 1.165) is 23.8 Å². The largest absolute Gasteiger partial charge is 0.318 e. The number of fused-ring (bicyclic) bond motifs is 2. The molecule has 2 aliphatic rings. The molecular formula is C15H18N4S. The third-order valence-electron chi connectivity index (χ3n) is 4.18. The summed E-state index contributed by atoms with van der Waals surface area (Å²) in [5, 5.41) is 10.4. The van der Waals surface area contributed by atoms with Crippen LogP contribution in [0.4, 0.5) is 0 Å². The maximum absolute atomic E-state index is 4.37. The molecule has 2 heterocycles. The van der Waals surface area contributed by atoms with Crippen molar-refractivity contribution in [3.05, 3.63) is 41.7 Å². The van der Waals surface area contributed by atoms with Crippen LogP contribution in [0, 0.1) is 0 Å². The summed E-state index contributed by atoms with van der Waals surface area (Å²) in [7, 11) is 0. The van der Waals surface area contributed by atoms with Gasteiger partial charge >= 0.3 is 0 Å². The van der Waals surface area contributed by atoms with E-state index in [2.05, 4.69) is 50.6 Å². The SMILES string of the molecule is c1ccc(CCc2nnc3n2NC2CCCC2S3)cc1. The van der Waals surface area contributed by atoms with Gasteiger partial charge in [-0.1, -0.05) is 48.5 Å². The summed E-state index contributed by atoms with van der Waals surface area (Å²) in [6, 6.07) is 11.2. The summed E-state index contributed by atoms with van der Waals surface area (Å²) >= 11 is 1.90. The van der Waals surface area contributed by atoms with Gasteiger partial charge in [0.1, 0.15) is 0 Å². The first kappa shape index (κ1) is 12.3. The van der Waals surface area contributed by atoms with Crippen molar-refractivity contribution in [1.82, 2.24) is 14.9 Å². The normalized spacial score (nSPS) is 24.0. The van der Waals surface area contributed by atoms with Crippen LogP contribution in [0.2, 0.25) is 0 Å². The van der Waals surface area contributed by atoms with Gasteiger partial charge in [0, 0.05) is 11.7 Å². The van der Waals surface area contributed by atoms with Crippen molar-refractivity contribution in [2.45, 2.75) is 48.6 Å². The molecule has 1 N–H and O–H groups in total. The predicted octanol–water partition coefficient (Wildman–Crippen LogP) is 2.63. The predicted molar refractivity (Wildman–Crippen MR) is 80.5 cm³/mol. The van der Waals surface area contributed by atoms with Gasteiger partial charge in [0.25, 0.3) is 0 Å². The number of aryl methyl sites for hydroxylation is 2. The van der Waals surface area contributed by atoms with E-state index in [1.165, 1.54) is 24.8 Å². The van der Waals surface area contributed by atoms with Gasteiger partial charge in [-0.15, -0.1) is 10.2 Å². The first-order chi connectivity index (χ1) is 9.90. The number of aromatic nitrogens is 3. The van der Waals surface area contributed by atoms with Crippen LogP contribution in [0.25, 0.3) is 0 Å². The fraction of sp³-hybridized carbons (Fsp3) is 0.467. The zero-order valence-electron chi connectivity index (χ0n) is 11.3. The van der Waals surface area contributed by atoms with E-state index in [1.54, 1.807) is 0 Å². The Morgan fingerprint density at radius 3 is 2.95 bits per heavy atom. The fourth-order valence-electron chi connectivity index (χ4n) is 3.08. The van der Waals surface area contributed by atoms with E-state index in [4.69, 9.17) is 0 Å². The van der Waals surface area contributed by atoms with Crippen LogP contribution in [0.15, 0.2) is 35.5 Å². The lowest BCUT2D eigenvalue weighted by Crippen LogP contribution is -2.38. The highest BCUT2D eigenvalue weighted by Gasteiger charge is 2.34. The van der Waals surface area contributed by atoms with Crippen LogP contribution in [0.3, 0.4) is 0 Å². The Kier molecular flexibility index (Phi) is 3.14. The minimum absolute atomic E-state index is 0.596. The molecule has 4 rings (SSSR count). The van der Waals surface area contributed by atoms with Gasteiger partial charge in [0.05, 0.1) is 6.04 Å². The Hall–Kier alpha value is -1.49. The highest BCUT2D eigenvalue weighted by molar-refractivity contribution is 7.99. The second-order valence-electron chi connectivity index (χ2n) is 5.54. The third kappa shape index (κ3) is 2.20. The fourth-order valence-corrected chi connectivity index (χ4v) is 4.35. The zero-order valence-corrected chi connectivity index (χ0v) is 12.1. The number of thioether (sulfide) groups is 1. The van der Waals surface area contributed by atoms with Gasteiger partial charge in [-0.25, -0.2) is 4.68 Å². The number of nitrogens with zero attached hydrogens (tertiary/aromatic N) is 3. The first-order valence-corrected chi connectivity index (χ1v) is 8.19. The highest BCUT2D eigenvalue weighted by atomic mass is 32.2. The zero-order chi connectivity index (χ0) is 13.4. The lowest BCUT2D eigenvalue weighted by molar-refractivity contribution is 0.588. The molecule has 0 spiro atoms. The number of rotatable bonds is 3. The van der Waals surface area contributed by atoms with E-state index < -0.39 is 0 Å². The average Bonchev–Trinajstić information content (AvgIpc) is 3.10. The monoisotopic (exact) mass is 286 g/mol. The van der Waals surface area contributed by atoms with Crippen LogP contribution in [0.5, 0.6) is 0 Å². The molecule has 0 amide bonds. The minimum atomic E-state index is 0.596. The lowest BCUT2D eigenvalue weighted by atomic mass is 10.1. The van der Waals surface area contributed by atoms with Crippen LogP contribution < -0.4 is 5.43 Å². The standard InChI is InChI=1S/C15H18N4S/c1-2-5-11(6-3-1)9-10-14-16-17-15-19(14)18-12-7-4-8-13(12)20-15/h1-3,5-6,12-13,18H,4,7-10H2. The molecule has 0 saturated heterocycles. The molecule has 1 aliphatic carbocycles. The van der Waals surface area contributed by atoms with Gasteiger partial charge < -0.3 is 5.43 Å². The molecule has 20 heavy (non-hydrogen) atoms. The van der Waals surface area contributed by atoms with Gasteiger partial charge in [-0.05, 0) is 24.8 Å². The Balaban J connectivity index is 1.50. The number of hydrogen-bond acceptors (Lipinski definition) is 4. The summed E-state index contributed by atoms with van der Waals surface area (Å²) in [5.74, 6) is 1.06. The Morgan fingerprint density at radius 1 is 1.15 bits per heavy atom. The topological polar surface area (TPSA) is 42.7 Å². The molecule has 4 nitrogen and oxygen atoms in total. The van der Waals surface area contributed by atoms with Crippen molar-refractivity contribution in [3.8, 4) is 0 Å². The smallest absolute Gasteiger partial charge is 0.210 e. The molecule has 1 aromatic carbocycles. The molecule has 5 heteroatoms. The molecule has 2 aromatic rings. The molecule has 0 bridgehead atoms. The van der Waals surface area contributed by atoms with Gasteiger partial charge in [-0.2, -0.15) is 0 Å². The van der Waals surface area contributed by atoms with E-state index in [9.17, 15) is 0 Å². The summed E-state index contributed by atoms with van der Waals surface area (Å²) < 4.78 is 2.13. The Morgan fingerprint density at radius 2 is 2.05 bits per heavy atom. The minimum Gasteiger partial charge on any atom is -0.318 e. The number of hydrogen-bond donors (Lipinski definition) is 1. The second kappa shape index (κ2) is 5.13. The first-order valence-electron chi connectivity index (χ1n) is 7.31. The van der Waals surface area contributed by atoms with Crippen LogP contribution in [0.1, 0.15) is 30.7 Å². The lowest BCUT2D eigenvalue weighted by Gasteiger charge is -2.28. The van der Waals surface area contributed by atoms with E-state index in [0.29, 0.717) is 11.3 Å². The summed E-state index contributed by atoms with van der Waals surface area (Å²) in [5.41, 5.74) is 4.97. The molecule has 1 fully saturated rings. The van der Waals surface area contributed by atoms with Crippen molar-refractivity contribution in [2.24, 2.45) is 0 Å². The van der Waals surface area contributed by atoms with E-state index in [1.807, 2.05) is 11.8 Å². The van der Waals surface area contributed by atoms with Crippen molar-refractivity contribution in [2.75, 3.05) is 5.43 Å². The second-order valence-corrected chi connectivity index (χ2v) is 6.75. The maximum Gasteiger partial charge on any atom is 0.210 e. The Bertz CT molecular complexity index is 595. The molecule has 1 saturated carbocycles. The molecule has 104 valence electrons. The molecule has 1 aromatic heterocycles. The van der Waals surface area contributed by atoms with Crippen molar-refractivity contribution >= 4 is 11.8 Å². The van der Waals surface area contributed by atoms with E-state index in [-0.39, 0.29) is 0 Å². The average molecular weight is 286 g/mol. The van der Waals surface area contributed by atoms with Gasteiger partial charge in [0.15, 0.2) is 5.82 Å². The summed E-state index contributed by atoms with van der Waals surface area (Å²) in [4.78, 5) is 0. The molecular weight excluding hydrogens is 268 g/mol. The quantitative estimate of drug-likeness (QED) is 0.942. The number of nitrogens with one attached hydrogen (secondary N) is 1. The third-order valence-corrected chi connectivity index (χ3v) is 5.53. The summed E-state index contributed by atoms with van der Waals surface area (Å²) in [6.07, 6.45) is 5.84. The van der Waals surface area contributed by atoms with Crippen molar-refractivity contribution in [3.63, 3.8) is 0 Å². The Labute approximate surface area is 123 Å². The van der Waals surface area contributed by atoms with Crippen molar-refractivity contribution < 1.29 is 0 Å². The summed E-state index contributed by atoms with van der Waals surface area (Å²) in [6.45, 7) is 0. The highest BCUT2D eigenvalue weighted by Crippen LogP contribution is 2.38. The molecule has 2 unspecified atom stereocenters. The molecule has 0 radical (unpaired) electrons. The van der Waals surface area contributed by atoms with Crippen LogP contribution in [-0.4, -0.2) is 26.2 Å². The van der Waals surface area contributed by atoms with Gasteiger partial charge in [0.2, 0.25) is 5.16 Å².